The van der Waals surface area contributed by atoms with Crippen molar-refractivity contribution in [1.29, 1.82) is 0 Å². The number of hydrogen-bond donors (Lipinski definition) is 0. The third kappa shape index (κ3) is 2.53. The van der Waals surface area contributed by atoms with Crippen molar-refractivity contribution in [3.05, 3.63) is 89.7 Å². The standard InChI is InChI=1S/C22H24N2O2/c1-4-22(21(25)23(5-2)6-3)19(17-13-9-7-10-14-17)20(24(22)26)18-15-11-8-12-16-18/h4,7-16,19H,1,5-6H2,2-3H3/t19-,22+/m0/s1. The minimum Gasteiger partial charge on any atom is -0.623 e. The van der Waals surface area contributed by atoms with Crippen molar-refractivity contribution in [1.82, 2.24) is 4.90 Å². The summed E-state index contributed by atoms with van der Waals surface area (Å²) in [4.78, 5) is 15.0. The van der Waals surface area contributed by atoms with E-state index in [1.54, 1.807) is 4.90 Å². The molecule has 1 heterocycles. The van der Waals surface area contributed by atoms with E-state index in [1.807, 2.05) is 74.5 Å². The van der Waals surface area contributed by atoms with E-state index in [9.17, 15) is 10.0 Å². The van der Waals surface area contributed by atoms with Gasteiger partial charge in [-0.15, -0.1) is 0 Å². The average molecular weight is 348 g/mol. The second-order valence-electron chi connectivity index (χ2n) is 6.40. The topological polar surface area (TPSA) is 46.4 Å². The van der Waals surface area contributed by atoms with Crippen molar-refractivity contribution < 1.29 is 9.53 Å². The predicted molar refractivity (Wildman–Crippen MR) is 104 cm³/mol. The molecule has 0 fully saturated rings. The van der Waals surface area contributed by atoms with Gasteiger partial charge in [0, 0.05) is 18.7 Å². The van der Waals surface area contributed by atoms with E-state index in [-0.39, 0.29) is 11.8 Å². The molecule has 2 atom stereocenters. The SMILES string of the molecule is C=C[C@]1(C(=O)N(CC)CC)[C@@H](c2ccccc2)C(c2ccccc2)=[N+]1[O-]. The van der Waals surface area contributed by atoms with Crippen LogP contribution in [0, 0.1) is 5.21 Å². The van der Waals surface area contributed by atoms with Crippen LogP contribution in [0.3, 0.4) is 0 Å². The van der Waals surface area contributed by atoms with E-state index >= 15 is 0 Å². The quantitative estimate of drug-likeness (QED) is 0.455. The van der Waals surface area contributed by atoms with Crippen molar-refractivity contribution in [3.63, 3.8) is 0 Å². The fraction of sp³-hybridized carbons (Fsp3) is 0.273. The molecule has 0 saturated heterocycles. The molecule has 0 bridgehead atoms. The first kappa shape index (κ1) is 17.9. The molecule has 0 spiro atoms. The summed E-state index contributed by atoms with van der Waals surface area (Å²) in [6.07, 6.45) is 1.52. The summed E-state index contributed by atoms with van der Waals surface area (Å²) >= 11 is 0. The Morgan fingerprint density at radius 1 is 1.12 bits per heavy atom. The lowest BCUT2D eigenvalue weighted by Gasteiger charge is -2.45. The van der Waals surface area contributed by atoms with Gasteiger partial charge in [-0.1, -0.05) is 55.1 Å². The first-order valence-electron chi connectivity index (χ1n) is 8.99. The molecule has 134 valence electrons. The van der Waals surface area contributed by atoms with E-state index < -0.39 is 5.54 Å². The molecule has 0 aliphatic carbocycles. The largest absolute Gasteiger partial charge is 0.623 e. The number of carbonyl (C=O) groups is 1. The Morgan fingerprint density at radius 3 is 2.15 bits per heavy atom. The second kappa shape index (κ2) is 7.16. The Morgan fingerprint density at radius 2 is 1.65 bits per heavy atom. The van der Waals surface area contributed by atoms with Gasteiger partial charge in [0.15, 0.2) is 0 Å². The molecule has 0 aromatic heterocycles. The van der Waals surface area contributed by atoms with Crippen molar-refractivity contribution in [3.8, 4) is 0 Å². The van der Waals surface area contributed by atoms with Crippen LogP contribution in [0.1, 0.15) is 30.9 Å². The molecule has 4 nitrogen and oxygen atoms in total. The van der Waals surface area contributed by atoms with Gasteiger partial charge in [0.05, 0.1) is 0 Å². The molecule has 1 amide bonds. The number of nitrogens with zero attached hydrogens (tertiary/aromatic N) is 2. The Bertz CT molecular complexity index is 826. The molecule has 26 heavy (non-hydrogen) atoms. The van der Waals surface area contributed by atoms with E-state index in [2.05, 4.69) is 6.58 Å². The molecule has 2 aromatic rings. The number of carbonyl (C=O) groups excluding carboxylic acids is 1. The van der Waals surface area contributed by atoms with Gasteiger partial charge in [0.1, 0.15) is 5.92 Å². The zero-order chi connectivity index (χ0) is 18.7. The van der Waals surface area contributed by atoms with Crippen LogP contribution in [0.25, 0.3) is 0 Å². The molecule has 0 unspecified atom stereocenters. The third-order valence-electron chi connectivity index (χ3n) is 5.18. The predicted octanol–water partition coefficient (Wildman–Crippen LogP) is 3.58. The lowest BCUT2D eigenvalue weighted by atomic mass is 9.68. The maximum atomic E-state index is 13.3. The van der Waals surface area contributed by atoms with Crippen LogP contribution < -0.4 is 0 Å². The molecule has 1 aliphatic rings. The van der Waals surface area contributed by atoms with Crippen molar-refractivity contribution in [2.24, 2.45) is 0 Å². The van der Waals surface area contributed by atoms with Gasteiger partial charge in [-0.05, 0) is 37.6 Å². The van der Waals surface area contributed by atoms with Crippen molar-refractivity contribution in [2.45, 2.75) is 25.3 Å². The van der Waals surface area contributed by atoms with Crippen LogP contribution in [-0.2, 0) is 4.79 Å². The fourth-order valence-electron chi connectivity index (χ4n) is 3.79. The molecule has 1 aliphatic heterocycles. The van der Waals surface area contributed by atoms with Gasteiger partial charge in [-0.2, -0.15) is 4.74 Å². The number of benzene rings is 2. The zero-order valence-corrected chi connectivity index (χ0v) is 15.3. The Labute approximate surface area is 154 Å². The number of rotatable bonds is 6. The van der Waals surface area contributed by atoms with Gasteiger partial charge in [0.2, 0.25) is 5.71 Å². The highest BCUT2D eigenvalue weighted by Gasteiger charge is 2.65. The molecule has 3 rings (SSSR count). The Balaban J connectivity index is 2.21. The smallest absolute Gasteiger partial charge is 0.301 e. The highest BCUT2D eigenvalue weighted by atomic mass is 16.5. The summed E-state index contributed by atoms with van der Waals surface area (Å²) in [7, 11) is 0. The number of hydrogen-bond acceptors (Lipinski definition) is 2. The number of hydroxylamine groups is 1. The van der Waals surface area contributed by atoms with Crippen LogP contribution in [-0.4, -0.2) is 39.9 Å². The van der Waals surface area contributed by atoms with Crippen LogP contribution in [0.2, 0.25) is 0 Å². The first-order valence-corrected chi connectivity index (χ1v) is 8.99. The molecular formula is C22H24N2O2. The van der Waals surface area contributed by atoms with Gasteiger partial charge in [-0.3, -0.25) is 4.79 Å². The Kier molecular flexibility index (Phi) is 4.94. The molecule has 4 heteroatoms. The number of likely N-dealkylation sites (N-methyl/N-ethyl adjacent to an activating group) is 1. The summed E-state index contributed by atoms with van der Waals surface area (Å²) in [6.45, 7) is 8.84. The van der Waals surface area contributed by atoms with E-state index in [4.69, 9.17) is 0 Å². The second-order valence-corrected chi connectivity index (χ2v) is 6.40. The summed E-state index contributed by atoms with van der Waals surface area (Å²) in [5.74, 6) is -0.546. The monoisotopic (exact) mass is 348 g/mol. The highest BCUT2D eigenvalue weighted by molar-refractivity contribution is 6.11. The summed E-state index contributed by atoms with van der Waals surface area (Å²) in [5, 5.41) is 13.2. The normalized spacial score (nSPS) is 21.8. The Hall–Kier alpha value is -2.88. The molecular weight excluding hydrogens is 324 g/mol. The van der Waals surface area contributed by atoms with Gasteiger partial charge < -0.3 is 10.1 Å². The van der Waals surface area contributed by atoms with Crippen LogP contribution in [0.4, 0.5) is 0 Å². The van der Waals surface area contributed by atoms with E-state index in [0.29, 0.717) is 18.8 Å². The average Bonchev–Trinajstić information content (AvgIpc) is 2.69. The maximum Gasteiger partial charge on any atom is 0.301 e. The number of amides is 1. The van der Waals surface area contributed by atoms with Crippen LogP contribution in [0.15, 0.2) is 73.3 Å². The van der Waals surface area contributed by atoms with E-state index in [0.717, 1.165) is 15.9 Å². The molecule has 0 saturated carbocycles. The zero-order valence-electron chi connectivity index (χ0n) is 15.3. The van der Waals surface area contributed by atoms with Gasteiger partial charge in [0.25, 0.3) is 5.54 Å². The molecule has 2 aromatic carbocycles. The van der Waals surface area contributed by atoms with Gasteiger partial charge >= 0.3 is 5.91 Å². The molecule has 0 N–H and O–H groups in total. The minimum absolute atomic E-state index is 0.193. The van der Waals surface area contributed by atoms with Gasteiger partial charge in [-0.25, -0.2) is 0 Å². The van der Waals surface area contributed by atoms with Crippen molar-refractivity contribution in [2.75, 3.05) is 13.1 Å². The van der Waals surface area contributed by atoms with E-state index in [1.165, 1.54) is 6.08 Å². The summed E-state index contributed by atoms with van der Waals surface area (Å²) < 4.78 is 0.855. The highest BCUT2D eigenvalue weighted by Crippen LogP contribution is 2.44. The van der Waals surface area contributed by atoms with Crippen LogP contribution in [0.5, 0.6) is 0 Å². The third-order valence-corrected chi connectivity index (χ3v) is 5.18. The summed E-state index contributed by atoms with van der Waals surface area (Å²) in [5.41, 5.74) is 1.08. The summed E-state index contributed by atoms with van der Waals surface area (Å²) in [6, 6.07) is 19.3. The van der Waals surface area contributed by atoms with Crippen molar-refractivity contribution >= 4 is 11.6 Å². The fourth-order valence-corrected chi connectivity index (χ4v) is 3.79. The first-order chi connectivity index (χ1) is 12.6. The maximum absolute atomic E-state index is 13.3. The lowest BCUT2D eigenvalue weighted by Crippen LogP contribution is -2.67. The van der Waals surface area contributed by atoms with Crippen LogP contribution >= 0.6 is 0 Å². The molecule has 0 radical (unpaired) electrons. The minimum atomic E-state index is -1.31. The lowest BCUT2D eigenvalue weighted by molar-refractivity contribution is -0.552.